The summed E-state index contributed by atoms with van der Waals surface area (Å²) in [5.41, 5.74) is 6.89. The van der Waals surface area contributed by atoms with Gasteiger partial charge in [-0.3, -0.25) is 28.3 Å². The van der Waals surface area contributed by atoms with Gasteiger partial charge in [-0.15, -0.1) is 5.10 Å². The topological polar surface area (TPSA) is 264 Å². The lowest BCUT2D eigenvalue weighted by molar-refractivity contribution is -0.383. The van der Waals surface area contributed by atoms with E-state index in [0.29, 0.717) is 29.5 Å². The summed E-state index contributed by atoms with van der Waals surface area (Å²) < 4.78 is 55.4. The zero-order valence-corrected chi connectivity index (χ0v) is 25.1. The second kappa shape index (κ2) is 12.0. The van der Waals surface area contributed by atoms with Gasteiger partial charge in [-0.25, -0.2) is 28.8 Å². The van der Waals surface area contributed by atoms with Gasteiger partial charge in [-0.2, -0.15) is 0 Å². The lowest BCUT2D eigenvalue weighted by Crippen LogP contribution is -2.28. The van der Waals surface area contributed by atoms with Crippen LogP contribution in [-0.2, 0) is 32.2 Å². The van der Waals surface area contributed by atoms with Crippen molar-refractivity contribution in [2.45, 2.75) is 50.0 Å². The summed E-state index contributed by atoms with van der Waals surface area (Å²) in [6.07, 6.45) is -0.468. The molecule has 0 bridgehead atoms. The third kappa shape index (κ3) is 6.47. The van der Waals surface area contributed by atoms with E-state index >= 15 is 0 Å². The fraction of sp³-hybridized carbons (Fsp3) is 0.476. The molecule has 236 valence electrons. The van der Waals surface area contributed by atoms with Crippen LogP contribution < -0.4 is 5.73 Å². The lowest BCUT2D eigenvalue weighted by atomic mass is 10.2. The summed E-state index contributed by atoms with van der Waals surface area (Å²) >= 11 is 4.10. The van der Waals surface area contributed by atoms with E-state index < -0.39 is 56.9 Å². The number of nitrogen functional groups attached to an aromatic ring is 1. The number of hydrogen-bond acceptors (Lipinski definition) is 15. The Morgan fingerprint density at radius 3 is 2.70 bits per heavy atom. The van der Waals surface area contributed by atoms with Crippen molar-refractivity contribution in [2.24, 2.45) is 0 Å². The standard InChI is InChI=1S/C21H25N9O11P2S/c22-20-19-21(24-9-23-20)28(10-25-19)17-6-14(15(40-17)8-37-42(33,34)35)41-43(36,44)38-7-11-4-5-16(39-11)29-12-2-1-3-13(30(31)32)18(12)26-27-29/h1-3,9-11,14-17H,4-8H2,(H,36,44)(H2,22,23,24)(H2,33,34,35)/t11-,14-,15+,16+,17+,43?/m0/s1. The van der Waals surface area contributed by atoms with Crippen LogP contribution in [0.5, 0.6) is 0 Å². The van der Waals surface area contributed by atoms with Gasteiger partial charge in [0.2, 0.25) is 0 Å². The highest BCUT2D eigenvalue weighted by Crippen LogP contribution is 2.57. The van der Waals surface area contributed by atoms with Crippen LogP contribution in [0.3, 0.4) is 0 Å². The number of phosphoric ester groups is 1. The van der Waals surface area contributed by atoms with Crippen molar-refractivity contribution in [1.82, 2.24) is 34.5 Å². The normalized spacial score (nSPS) is 25.6. The van der Waals surface area contributed by atoms with E-state index in [4.69, 9.17) is 24.3 Å². The van der Waals surface area contributed by atoms with Crippen molar-refractivity contribution in [3.05, 3.63) is 41.0 Å². The minimum absolute atomic E-state index is 0.0337. The van der Waals surface area contributed by atoms with Gasteiger partial charge in [0.1, 0.15) is 30.3 Å². The van der Waals surface area contributed by atoms with E-state index in [9.17, 15) is 29.0 Å². The molecule has 6 rings (SSSR count). The Hall–Kier alpha value is -3.10. The minimum atomic E-state index is -4.87. The maximum absolute atomic E-state index is 13.3. The highest BCUT2D eigenvalue weighted by Gasteiger charge is 2.43. The van der Waals surface area contributed by atoms with Gasteiger partial charge in [0.05, 0.1) is 36.1 Å². The fourth-order valence-electron chi connectivity index (χ4n) is 5.06. The van der Waals surface area contributed by atoms with Crippen LogP contribution in [0.1, 0.15) is 31.7 Å². The van der Waals surface area contributed by atoms with Gasteiger partial charge in [-0.1, -0.05) is 23.5 Å². The van der Waals surface area contributed by atoms with Crippen molar-refractivity contribution in [3.8, 4) is 0 Å². The molecule has 20 nitrogen and oxygen atoms in total. The van der Waals surface area contributed by atoms with Gasteiger partial charge >= 0.3 is 14.6 Å². The van der Waals surface area contributed by atoms with E-state index in [0.717, 1.165) is 0 Å². The highest BCUT2D eigenvalue weighted by atomic mass is 32.7. The zero-order chi connectivity index (χ0) is 31.2. The van der Waals surface area contributed by atoms with Crippen molar-refractivity contribution < 1.29 is 46.9 Å². The van der Waals surface area contributed by atoms with Crippen LogP contribution in [0, 0.1) is 10.1 Å². The number of benzene rings is 1. The maximum Gasteiger partial charge on any atom is 0.469 e. The summed E-state index contributed by atoms with van der Waals surface area (Å²) in [5.74, 6) is 0.142. The third-order valence-electron chi connectivity index (χ3n) is 7.01. The Labute approximate surface area is 251 Å². The van der Waals surface area contributed by atoms with E-state index in [2.05, 4.69) is 42.0 Å². The number of imidazole rings is 1. The molecule has 0 spiro atoms. The smallest absolute Gasteiger partial charge is 0.382 e. The largest absolute Gasteiger partial charge is 0.469 e. The molecule has 2 aliphatic heterocycles. The van der Waals surface area contributed by atoms with Crippen molar-refractivity contribution in [3.63, 3.8) is 0 Å². The number of phosphoric acid groups is 1. The van der Waals surface area contributed by atoms with Crippen LogP contribution >= 0.6 is 26.9 Å². The molecule has 0 aliphatic carbocycles. The Balaban J connectivity index is 1.11. The molecule has 23 heteroatoms. The average molecular weight is 673 g/mol. The second-order valence-corrected chi connectivity index (χ2v) is 14.0. The zero-order valence-electron chi connectivity index (χ0n) is 22.4. The van der Waals surface area contributed by atoms with Crippen molar-refractivity contribution >= 4 is 60.6 Å². The first-order valence-electron chi connectivity index (χ1n) is 13.0. The molecular formula is C21H25N9O11P2S. The fourth-order valence-corrected chi connectivity index (χ4v) is 6.94. The molecule has 0 saturated carbocycles. The minimum Gasteiger partial charge on any atom is -0.382 e. The van der Waals surface area contributed by atoms with Crippen molar-refractivity contribution in [1.29, 1.82) is 0 Å². The number of nitrogens with zero attached hydrogens (tertiary/aromatic N) is 8. The number of hydrogen-bond donors (Lipinski definition) is 4. The Bertz CT molecular complexity index is 1800. The first kappa shape index (κ1) is 30.9. The molecule has 0 amide bonds. The van der Waals surface area contributed by atoms with Crippen LogP contribution in [-0.4, -0.2) is 80.7 Å². The van der Waals surface area contributed by atoms with Crippen LogP contribution in [0.15, 0.2) is 30.9 Å². The first-order valence-corrected chi connectivity index (χ1v) is 17.2. The summed E-state index contributed by atoms with van der Waals surface area (Å²) in [6, 6.07) is 4.50. The molecule has 1 unspecified atom stereocenters. The van der Waals surface area contributed by atoms with Gasteiger partial charge in [0.25, 0.3) is 5.69 Å². The number of thiol groups is 1. The molecule has 3 aromatic heterocycles. The summed E-state index contributed by atoms with van der Waals surface area (Å²) in [5, 5.41) is 19.3. The van der Waals surface area contributed by atoms with Gasteiger partial charge in [-0.05, 0) is 18.9 Å². The molecule has 44 heavy (non-hydrogen) atoms. The Kier molecular flexibility index (Phi) is 8.44. The molecule has 4 aromatic rings. The number of fused-ring (bicyclic) bond motifs is 2. The number of non-ortho nitro benzene ring substituents is 1. The predicted octanol–water partition coefficient (Wildman–Crippen LogP) is 2.28. The SMILES string of the molecule is Nc1ncnc2c1ncn2[C@H]1C[C@H](OP(=O)(S)OC[C@@H]2CC[C@H](n3nnc4c([N+](=O)[O-])cccc43)O2)[C@@H](COP(=O)(O)O)O1. The van der Waals surface area contributed by atoms with Gasteiger partial charge < -0.3 is 25.0 Å². The number of nitro groups is 1. The van der Waals surface area contributed by atoms with E-state index in [-0.39, 0.29) is 30.0 Å². The molecule has 2 saturated heterocycles. The average Bonchev–Trinajstić information content (AvgIpc) is 3.75. The van der Waals surface area contributed by atoms with Crippen LogP contribution in [0.4, 0.5) is 11.5 Å². The van der Waals surface area contributed by atoms with Crippen molar-refractivity contribution in [2.75, 3.05) is 18.9 Å². The quantitative estimate of drug-likeness (QED) is 0.0769. The second-order valence-electron chi connectivity index (χ2n) is 9.87. The molecule has 2 aliphatic rings. The van der Waals surface area contributed by atoms with E-state index in [1.165, 1.54) is 34.0 Å². The summed E-state index contributed by atoms with van der Waals surface area (Å²) in [6.45, 7) is -4.87. The molecule has 1 aromatic carbocycles. The molecule has 5 heterocycles. The Morgan fingerprint density at radius 1 is 1.11 bits per heavy atom. The predicted molar refractivity (Wildman–Crippen MR) is 151 cm³/mol. The number of anilines is 1. The molecule has 0 radical (unpaired) electrons. The summed E-state index contributed by atoms with van der Waals surface area (Å²) in [7, 11) is -4.87. The molecular weight excluding hydrogens is 648 g/mol. The number of aromatic nitrogens is 7. The van der Waals surface area contributed by atoms with E-state index in [1.54, 1.807) is 6.07 Å². The number of ether oxygens (including phenoxy) is 2. The maximum atomic E-state index is 13.3. The number of rotatable bonds is 11. The Morgan fingerprint density at radius 2 is 1.93 bits per heavy atom. The molecule has 6 atom stereocenters. The van der Waals surface area contributed by atoms with Gasteiger partial charge in [0, 0.05) is 12.5 Å². The lowest BCUT2D eigenvalue weighted by Gasteiger charge is -2.23. The van der Waals surface area contributed by atoms with E-state index in [1.807, 2.05) is 0 Å². The first-order chi connectivity index (χ1) is 20.9. The van der Waals surface area contributed by atoms with Crippen LogP contribution in [0.25, 0.3) is 22.2 Å². The number of nitro benzene ring substituents is 1. The molecule has 4 N–H and O–H groups in total. The van der Waals surface area contributed by atoms with Gasteiger partial charge in [0.15, 0.2) is 23.2 Å². The summed E-state index contributed by atoms with van der Waals surface area (Å²) in [4.78, 5) is 41.4. The van der Waals surface area contributed by atoms with Crippen LogP contribution in [0.2, 0.25) is 0 Å². The molecule has 2 fully saturated rings. The number of nitrogens with two attached hydrogens (primary N) is 1. The third-order valence-corrected chi connectivity index (χ3v) is 9.14. The monoisotopic (exact) mass is 673 g/mol. The highest BCUT2D eigenvalue weighted by molar-refractivity contribution is 8.44.